The van der Waals surface area contributed by atoms with Gasteiger partial charge in [-0.1, -0.05) is 0 Å². The van der Waals surface area contributed by atoms with Crippen LogP contribution in [0.4, 0.5) is 20.5 Å². The van der Waals surface area contributed by atoms with Crippen LogP contribution in [0.2, 0.25) is 0 Å². The van der Waals surface area contributed by atoms with E-state index in [0.717, 1.165) is 55.5 Å². The summed E-state index contributed by atoms with van der Waals surface area (Å²) >= 11 is 0. The van der Waals surface area contributed by atoms with E-state index in [4.69, 9.17) is 4.98 Å². The predicted molar refractivity (Wildman–Crippen MR) is 103 cm³/mol. The van der Waals surface area contributed by atoms with Crippen LogP contribution in [0.1, 0.15) is 28.9 Å². The molecule has 2 aromatic rings. The van der Waals surface area contributed by atoms with Gasteiger partial charge < -0.3 is 14.7 Å². The highest BCUT2D eigenvalue weighted by molar-refractivity contribution is 5.94. The standard InChI is InChI=1S/C20H23F2N5O/c1-14-12-18(24-20(23-14)27-6-2-3-7-27)25-8-10-26(11-9-25)19(28)15-4-5-16(21)17(22)13-15/h4-5,12-13H,2-3,6-11H2,1H3. The number of benzene rings is 1. The molecule has 0 aliphatic carbocycles. The lowest BCUT2D eigenvalue weighted by Gasteiger charge is -2.35. The van der Waals surface area contributed by atoms with Crippen LogP contribution in [-0.4, -0.2) is 60.0 Å². The zero-order chi connectivity index (χ0) is 19.7. The number of nitrogens with zero attached hydrogens (tertiary/aromatic N) is 5. The average Bonchev–Trinajstić information content (AvgIpc) is 3.24. The molecule has 2 aliphatic rings. The van der Waals surface area contributed by atoms with Crippen LogP contribution < -0.4 is 9.80 Å². The lowest BCUT2D eigenvalue weighted by atomic mass is 10.1. The summed E-state index contributed by atoms with van der Waals surface area (Å²) in [6, 6.07) is 5.23. The number of piperazine rings is 1. The van der Waals surface area contributed by atoms with Crippen LogP contribution in [0.5, 0.6) is 0 Å². The minimum atomic E-state index is -1.00. The van der Waals surface area contributed by atoms with E-state index in [0.29, 0.717) is 26.2 Å². The third-order valence-corrected chi connectivity index (χ3v) is 5.28. The molecule has 4 rings (SSSR count). The second-order valence-electron chi connectivity index (χ2n) is 7.27. The Morgan fingerprint density at radius 2 is 1.61 bits per heavy atom. The number of hydrogen-bond donors (Lipinski definition) is 0. The Kier molecular flexibility index (Phi) is 5.11. The summed E-state index contributed by atoms with van der Waals surface area (Å²) < 4.78 is 26.5. The molecule has 1 aromatic carbocycles. The summed E-state index contributed by atoms with van der Waals surface area (Å²) in [7, 11) is 0. The van der Waals surface area contributed by atoms with Crippen LogP contribution in [0.15, 0.2) is 24.3 Å². The number of anilines is 2. The van der Waals surface area contributed by atoms with Crippen LogP contribution in [0.25, 0.3) is 0 Å². The first-order valence-corrected chi connectivity index (χ1v) is 9.61. The number of aryl methyl sites for hydroxylation is 1. The number of carbonyl (C=O) groups excluding carboxylic acids is 1. The van der Waals surface area contributed by atoms with Crippen LogP contribution >= 0.6 is 0 Å². The Balaban J connectivity index is 1.44. The van der Waals surface area contributed by atoms with Crippen molar-refractivity contribution in [3.05, 3.63) is 47.2 Å². The Labute approximate surface area is 162 Å². The average molecular weight is 387 g/mol. The minimum absolute atomic E-state index is 0.168. The summed E-state index contributed by atoms with van der Waals surface area (Å²) in [6.07, 6.45) is 2.33. The van der Waals surface area contributed by atoms with Gasteiger partial charge in [0.05, 0.1) is 0 Å². The monoisotopic (exact) mass is 387 g/mol. The number of hydrogen-bond acceptors (Lipinski definition) is 5. The first-order chi connectivity index (χ1) is 13.5. The first-order valence-electron chi connectivity index (χ1n) is 9.61. The summed E-state index contributed by atoms with van der Waals surface area (Å²) in [5, 5.41) is 0. The van der Waals surface area contributed by atoms with Gasteiger partial charge >= 0.3 is 0 Å². The molecule has 0 N–H and O–H groups in total. The van der Waals surface area contributed by atoms with Crippen molar-refractivity contribution in [1.29, 1.82) is 0 Å². The zero-order valence-corrected chi connectivity index (χ0v) is 15.9. The lowest BCUT2D eigenvalue weighted by molar-refractivity contribution is 0.0746. The Morgan fingerprint density at radius 1 is 0.893 bits per heavy atom. The molecule has 2 saturated heterocycles. The molecule has 28 heavy (non-hydrogen) atoms. The fourth-order valence-corrected chi connectivity index (χ4v) is 3.71. The van der Waals surface area contributed by atoms with Gasteiger partial charge in [0.2, 0.25) is 5.95 Å². The van der Waals surface area contributed by atoms with Gasteiger partial charge in [0.1, 0.15) is 5.82 Å². The molecule has 0 radical (unpaired) electrons. The van der Waals surface area contributed by atoms with E-state index in [1.165, 1.54) is 6.07 Å². The molecular weight excluding hydrogens is 364 g/mol. The normalized spacial score (nSPS) is 17.3. The van der Waals surface area contributed by atoms with Crippen molar-refractivity contribution in [2.75, 3.05) is 49.1 Å². The van der Waals surface area contributed by atoms with Crippen molar-refractivity contribution in [2.45, 2.75) is 19.8 Å². The third-order valence-electron chi connectivity index (χ3n) is 5.28. The molecule has 0 bridgehead atoms. The van der Waals surface area contributed by atoms with Crippen molar-refractivity contribution < 1.29 is 13.6 Å². The van der Waals surface area contributed by atoms with E-state index in [9.17, 15) is 13.6 Å². The molecule has 0 unspecified atom stereocenters. The molecule has 0 saturated carbocycles. The smallest absolute Gasteiger partial charge is 0.254 e. The van der Waals surface area contributed by atoms with E-state index in [-0.39, 0.29) is 11.5 Å². The highest BCUT2D eigenvalue weighted by Crippen LogP contribution is 2.22. The third kappa shape index (κ3) is 3.76. The topological polar surface area (TPSA) is 52.6 Å². The second kappa shape index (κ2) is 7.69. The van der Waals surface area contributed by atoms with E-state index in [1.54, 1.807) is 4.90 Å². The zero-order valence-electron chi connectivity index (χ0n) is 15.9. The number of carbonyl (C=O) groups is 1. The lowest BCUT2D eigenvalue weighted by Crippen LogP contribution is -2.49. The first kappa shape index (κ1) is 18.6. The van der Waals surface area contributed by atoms with E-state index in [2.05, 4.69) is 14.8 Å². The fourth-order valence-electron chi connectivity index (χ4n) is 3.71. The van der Waals surface area contributed by atoms with Gasteiger partial charge in [-0.3, -0.25) is 4.79 Å². The van der Waals surface area contributed by atoms with Gasteiger partial charge in [0.25, 0.3) is 5.91 Å². The molecule has 6 nitrogen and oxygen atoms in total. The van der Waals surface area contributed by atoms with Crippen LogP contribution in [-0.2, 0) is 0 Å². The maximum Gasteiger partial charge on any atom is 0.254 e. The number of halogens is 2. The predicted octanol–water partition coefficient (Wildman–Crippen LogP) is 2.63. The number of rotatable bonds is 3. The molecule has 148 valence electrons. The van der Waals surface area contributed by atoms with Crippen LogP contribution in [0, 0.1) is 18.6 Å². The molecule has 1 aromatic heterocycles. The highest BCUT2D eigenvalue weighted by atomic mass is 19.2. The van der Waals surface area contributed by atoms with E-state index < -0.39 is 11.6 Å². The van der Waals surface area contributed by atoms with Crippen molar-refractivity contribution in [3.8, 4) is 0 Å². The van der Waals surface area contributed by atoms with Gasteiger partial charge in [-0.25, -0.2) is 13.8 Å². The number of aromatic nitrogens is 2. The van der Waals surface area contributed by atoms with Crippen LogP contribution in [0.3, 0.4) is 0 Å². The molecule has 2 fully saturated rings. The molecule has 2 aliphatic heterocycles. The molecular formula is C20H23F2N5O. The second-order valence-corrected chi connectivity index (χ2v) is 7.27. The van der Waals surface area contributed by atoms with Gasteiger partial charge in [0, 0.05) is 56.6 Å². The SMILES string of the molecule is Cc1cc(N2CCN(C(=O)c3ccc(F)c(F)c3)CC2)nc(N2CCCC2)n1. The quantitative estimate of drug-likeness (QED) is 0.811. The molecule has 8 heteroatoms. The number of amides is 1. The van der Waals surface area contributed by atoms with E-state index in [1.807, 2.05) is 13.0 Å². The Hall–Kier alpha value is -2.77. The summed E-state index contributed by atoms with van der Waals surface area (Å²) in [5.74, 6) is -0.595. The van der Waals surface area contributed by atoms with Gasteiger partial charge in [-0.05, 0) is 38.0 Å². The molecule has 1 amide bonds. The molecule has 3 heterocycles. The van der Waals surface area contributed by atoms with Crippen molar-refractivity contribution in [1.82, 2.24) is 14.9 Å². The Morgan fingerprint density at radius 3 is 2.29 bits per heavy atom. The minimum Gasteiger partial charge on any atom is -0.353 e. The summed E-state index contributed by atoms with van der Waals surface area (Å²) in [5.41, 5.74) is 1.09. The van der Waals surface area contributed by atoms with Crippen molar-refractivity contribution in [2.24, 2.45) is 0 Å². The summed E-state index contributed by atoms with van der Waals surface area (Å²) in [6.45, 7) is 6.20. The largest absolute Gasteiger partial charge is 0.353 e. The Bertz CT molecular complexity index is 877. The van der Waals surface area contributed by atoms with Gasteiger partial charge in [0.15, 0.2) is 11.6 Å². The van der Waals surface area contributed by atoms with E-state index >= 15 is 0 Å². The highest BCUT2D eigenvalue weighted by Gasteiger charge is 2.25. The molecule has 0 spiro atoms. The van der Waals surface area contributed by atoms with Gasteiger partial charge in [-0.15, -0.1) is 0 Å². The molecule has 0 atom stereocenters. The van der Waals surface area contributed by atoms with Crippen molar-refractivity contribution >= 4 is 17.7 Å². The fraction of sp³-hybridized carbons (Fsp3) is 0.450. The van der Waals surface area contributed by atoms with Gasteiger partial charge in [-0.2, -0.15) is 4.98 Å². The van der Waals surface area contributed by atoms with Crippen molar-refractivity contribution in [3.63, 3.8) is 0 Å². The maximum absolute atomic E-state index is 13.4. The maximum atomic E-state index is 13.4. The summed E-state index contributed by atoms with van der Waals surface area (Å²) in [4.78, 5) is 27.9.